The van der Waals surface area contributed by atoms with Crippen molar-refractivity contribution >= 4 is 0 Å². The number of rotatable bonds is 8. The number of para-hydroxylation sites is 1. The molecule has 2 unspecified atom stereocenters. The Morgan fingerprint density at radius 3 is 2.16 bits per heavy atom. The van der Waals surface area contributed by atoms with E-state index in [1.54, 1.807) is 24.3 Å². The average molecular weight is 462 g/mol. The highest BCUT2D eigenvalue weighted by Crippen LogP contribution is 2.41. The smallest absolute Gasteiger partial charge is 0.406 e. The Morgan fingerprint density at radius 1 is 0.938 bits per heavy atom. The van der Waals surface area contributed by atoms with E-state index in [1.807, 2.05) is 18.7 Å². The second kappa shape index (κ2) is 9.58. The van der Waals surface area contributed by atoms with Crippen molar-refractivity contribution in [1.29, 1.82) is 0 Å². The first-order valence-corrected chi connectivity index (χ1v) is 10.1. The molecule has 1 aliphatic rings. The molecule has 0 bridgehead atoms. The lowest BCUT2D eigenvalue weighted by atomic mass is 9.86. The summed E-state index contributed by atoms with van der Waals surface area (Å²) in [6.45, 7) is 4.81. The molecule has 0 spiro atoms. The van der Waals surface area contributed by atoms with Crippen LogP contribution in [0.25, 0.3) is 0 Å². The van der Waals surface area contributed by atoms with E-state index in [2.05, 4.69) is 14.8 Å². The van der Waals surface area contributed by atoms with E-state index in [1.165, 1.54) is 24.3 Å². The van der Waals surface area contributed by atoms with E-state index in [0.29, 0.717) is 18.5 Å². The van der Waals surface area contributed by atoms with Crippen molar-refractivity contribution in [2.75, 3.05) is 6.54 Å². The fourth-order valence-electron chi connectivity index (χ4n) is 3.73. The number of halogens is 6. The molecule has 0 amide bonds. The minimum absolute atomic E-state index is 0.0486. The maximum atomic E-state index is 12.8. The molecule has 1 heterocycles. The number of alkyl halides is 6. The van der Waals surface area contributed by atoms with E-state index < -0.39 is 12.7 Å². The zero-order valence-corrected chi connectivity index (χ0v) is 17.5. The Labute approximate surface area is 182 Å². The van der Waals surface area contributed by atoms with Gasteiger partial charge in [0.05, 0.1) is 0 Å². The van der Waals surface area contributed by atoms with Gasteiger partial charge in [-0.1, -0.05) is 44.2 Å². The van der Waals surface area contributed by atoms with Gasteiger partial charge in [-0.2, -0.15) is 0 Å². The zero-order chi connectivity index (χ0) is 23.5. The normalized spacial score (nSPS) is 19.7. The first kappa shape index (κ1) is 24.2. The van der Waals surface area contributed by atoms with Gasteiger partial charge in [0.15, 0.2) is 0 Å². The predicted octanol–water partition coefficient (Wildman–Crippen LogP) is 5.80. The summed E-state index contributed by atoms with van der Waals surface area (Å²) in [5, 5.41) is 3.33. The minimum atomic E-state index is -4.81. The molecule has 1 aliphatic heterocycles. The summed E-state index contributed by atoms with van der Waals surface area (Å²) >= 11 is 0. The monoisotopic (exact) mass is 462 g/mol. The molecule has 0 aliphatic carbocycles. The van der Waals surface area contributed by atoms with Crippen molar-refractivity contribution in [2.24, 2.45) is 0 Å². The van der Waals surface area contributed by atoms with Gasteiger partial charge in [-0.25, -0.2) is 0 Å². The molecular formula is C22H24F6N2O2. The molecule has 32 heavy (non-hydrogen) atoms. The van der Waals surface area contributed by atoms with Crippen molar-refractivity contribution in [3.8, 4) is 11.5 Å². The number of benzene rings is 2. The average Bonchev–Trinajstić information content (AvgIpc) is 2.65. The van der Waals surface area contributed by atoms with E-state index in [4.69, 9.17) is 0 Å². The SMILES string of the molecule is CC(C)NCC1CC(c2ccc(OC(F)(F)F)cc2)N1Cc1ccccc1OC(F)(F)F. The zero-order valence-electron chi connectivity index (χ0n) is 17.5. The molecule has 0 saturated carbocycles. The number of likely N-dealkylation sites (tertiary alicyclic amines) is 1. The molecule has 1 N–H and O–H groups in total. The van der Waals surface area contributed by atoms with Crippen molar-refractivity contribution in [2.45, 2.75) is 57.7 Å². The van der Waals surface area contributed by atoms with Gasteiger partial charge in [0.1, 0.15) is 11.5 Å². The molecule has 4 nitrogen and oxygen atoms in total. The maximum absolute atomic E-state index is 12.8. The highest BCUT2D eigenvalue weighted by Gasteiger charge is 2.40. The van der Waals surface area contributed by atoms with Crippen LogP contribution in [0.15, 0.2) is 48.5 Å². The Balaban J connectivity index is 1.79. The van der Waals surface area contributed by atoms with Crippen molar-refractivity contribution in [3.05, 3.63) is 59.7 Å². The summed E-state index contributed by atoms with van der Waals surface area (Å²) in [5.74, 6) is -0.593. The fourth-order valence-corrected chi connectivity index (χ4v) is 3.73. The molecule has 0 aromatic heterocycles. The lowest BCUT2D eigenvalue weighted by Gasteiger charge is -2.49. The highest BCUT2D eigenvalue weighted by molar-refractivity contribution is 5.35. The second-order valence-electron chi connectivity index (χ2n) is 7.91. The number of hydrogen-bond acceptors (Lipinski definition) is 4. The van der Waals surface area contributed by atoms with E-state index in [9.17, 15) is 26.3 Å². The standard InChI is InChI=1S/C22H24F6N2O2/c1-14(2)29-12-17-11-19(15-7-9-18(10-8-15)31-21(23,24)25)30(17)13-16-5-3-4-6-20(16)32-22(26,27)28/h3-10,14,17,19,29H,11-13H2,1-2H3. The minimum Gasteiger partial charge on any atom is -0.406 e. The summed E-state index contributed by atoms with van der Waals surface area (Å²) in [6, 6.07) is 11.6. The first-order chi connectivity index (χ1) is 14.9. The molecule has 2 atom stereocenters. The highest BCUT2D eigenvalue weighted by atomic mass is 19.4. The summed E-state index contributed by atoms with van der Waals surface area (Å²) in [7, 11) is 0. The van der Waals surface area contributed by atoms with E-state index in [-0.39, 0.29) is 36.2 Å². The Kier molecular flexibility index (Phi) is 7.24. The Hall–Kier alpha value is -2.46. The number of nitrogens with one attached hydrogen (secondary N) is 1. The topological polar surface area (TPSA) is 33.7 Å². The largest absolute Gasteiger partial charge is 0.573 e. The molecule has 176 valence electrons. The third-order valence-electron chi connectivity index (χ3n) is 5.18. The Morgan fingerprint density at radius 2 is 1.56 bits per heavy atom. The van der Waals surface area contributed by atoms with Crippen LogP contribution >= 0.6 is 0 Å². The van der Waals surface area contributed by atoms with E-state index >= 15 is 0 Å². The lowest BCUT2D eigenvalue weighted by Crippen LogP contribution is -2.54. The number of ether oxygens (including phenoxy) is 2. The third kappa shape index (κ3) is 6.77. The van der Waals surface area contributed by atoms with Gasteiger partial charge in [0.25, 0.3) is 0 Å². The number of hydrogen-bond donors (Lipinski definition) is 1. The van der Waals surface area contributed by atoms with Crippen LogP contribution in [0.2, 0.25) is 0 Å². The van der Waals surface area contributed by atoms with Gasteiger partial charge in [-0.15, -0.1) is 26.3 Å². The Bertz CT molecular complexity index is 883. The van der Waals surface area contributed by atoms with Gasteiger partial charge < -0.3 is 14.8 Å². The summed E-state index contributed by atoms with van der Waals surface area (Å²) in [6.07, 6.45) is -8.88. The predicted molar refractivity (Wildman–Crippen MR) is 106 cm³/mol. The van der Waals surface area contributed by atoms with Crippen LogP contribution < -0.4 is 14.8 Å². The molecule has 2 aromatic carbocycles. The van der Waals surface area contributed by atoms with Crippen molar-refractivity contribution < 1.29 is 35.8 Å². The van der Waals surface area contributed by atoms with Gasteiger partial charge >= 0.3 is 12.7 Å². The number of nitrogens with zero attached hydrogens (tertiary/aromatic N) is 1. The third-order valence-corrected chi connectivity index (χ3v) is 5.18. The van der Waals surface area contributed by atoms with E-state index in [0.717, 1.165) is 5.56 Å². The molecule has 3 rings (SSSR count). The van der Waals surface area contributed by atoms with Crippen molar-refractivity contribution in [1.82, 2.24) is 10.2 Å². The van der Waals surface area contributed by atoms with Gasteiger partial charge in [-0.3, -0.25) is 4.90 Å². The molecule has 0 radical (unpaired) electrons. The quantitative estimate of drug-likeness (QED) is 0.503. The first-order valence-electron chi connectivity index (χ1n) is 10.1. The van der Waals surface area contributed by atoms with Gasteiger partial charge in [-0.05, 0) is 30.2 Å². The molecule has 2 aromatic rings. The maximum Gasteiger partial charge on any atom is 0.573 e. The summed E-state index contributed by atoms with van der Waals surface area (Å²) in [4.78, 5) is 2.02. The summed E-state index contributed by atoms with van der Waals surface area (Å²) < 4.78 is 83.7. The van der Waals surface area contributed by atoms with Gasteiger partial charge in [0.2, 0.25) is 0 Å². The van der Waals surface area contributed by atoms with Crippen LogP contribution in [0, 0.1) is 0 Å². The second-order valence-corrected chi connectivity index (χ2v) is 7.91. The van der Waals surface area contributed by atoms with Crippen LogP contribution in [0.3, 0.4) is 0 Å². The van der Waals surface area contributed by atoms with Crippen LogP contribution in [-0.2, 0) is 6.54 Å². The molecule has 1 saturated heterocycles. The van der Waals surface area contributed by atoms with Crippen LogP contribution in [0.5, 0.6) is 11.5 Å². The van der Waals surface area contributed by atoms with Crippen LogP contribution in [0.1, 0.15) is 37.4 Å². The van der Waals surface area contributed by atoms with Gasteiger partial charge in [0, 0.05) is 36.8 Å². The molecule has 10 heteroatoms. The van der Waals surface area contributed by atoms with Crippen LogP contribution in [0.4, 0.5) is 26.3 Å². The molecule has 1 fully saturated rings. The lowest BCUT2D eigenvalue weighted by molar-refractivity contribution is -0.275. The molecular weight excluding hydrogens is 438 g/mol. The van der Waals surface area contributed by atoms with Crippen molar-refractivity contribution in [3.63, 3.8) is 0 Å². The fraction of sp³-hybridized carbons (Fsp3) is 0.455. The van der Waals surface area contributed by atoms with Crippen LogP contribution in [-0.4, -0.2) is 36.3 Å². The summed E-state index contributed by atoms with van der Waals surface area (Å²) in [5.41, 5.74) is 1.13.